The van der Waals surface area contributed by atoms with Crippen molar-refractivity contribution < 1.29 is 9.18 Å². The molecule has 1 saturated heterocycles. The summed E-state index contributed by atoms with van der Waals surface area (Å²) in [4.78, 5) is 25.4. The van der Waals surface area contributed by atoms with E-state index in [1.807, 2.05) is 0 Å². The molecular formula is C20H24ClFN8O. The van der Waals surface area contributed by atoms with Gasteiger partial charge in [-0.2, -0.15) is 9.97 Å². The van der Waals surface area contributed by atoms with Crippen molar-refractivity contribution in [2.75, 3.05) is 23.7 Å². The smallest absolute Gasteiger partial charge is 0.246 e. The van der Waals surface area contributed by atoms with Gasteiger partial charge in [-0.25, -0.2) is 4.39 Å². The first-order chi connectivity index (χ1) is 15.0. The van der Waals surface area contributed by atoms with Crippen LogP contribution < -0.4 is 16.0 Å². The second-order valence-electron chi connectivity index (χ2n) is 7.61. The summed E-state index contributed by atoms with van der Waals surface area (Å²) in [5.74, 6) is 0.336. The minimum absolute atomic E-state index is 0.180. The molecule has 1 amide bonds. The summed E-state index contributed by atoms with van der Waals surface area (Å²) in [7, 11) is 0. The van der Waals surface area contributed by atoms with E-state index in [2.05, 4.69) is 37.5 Å². The molecule has 0 unspecified atom stereocenters. The molecular weight excluding hydrogens is 423 g/mol. The van der Waals surface area contributed by atoms with Gasteiger partial charge in [0.15, 0.2) is 0 Å². The lowest BCUT2D eigenvalue weighted by Crippen LogP contribution is -2.50. The van der Waals surface area contributed by atoms with Crippen LogP contribution in [0.25, 0.3) is 11.0 Å². The number of likely N-dealkylation sites (tertiary alicyclic amines) is 1. The molecule has 31 heavy (non-hydrogen) atoms. The first-order valence-electron chi connectivity index (χ1n) is 10.1. The van der Waals surface area contributed by atoms with Crippen molar-refractivity contribution in [3.05, 3.63) is 35.8 Å². The largest absolute Gasteiger partial charge is 0.386 e. The van der Waals surface area contributed by atoms with Crippen LogP contribution in [0.1, 0.15) is 19.3 Å². The summed E-state index contributed by atoms with van der Waals surface area (Å²) in [5, 5.41) is 17.9. The van der Waals surface area contributed by atoms with Gasteiger partial charge in [-0.1, -0.05) is 18.2 Å². The first-order valence-corrected chi connectivity index (χ1v) is 10.5. The third kappa shape index (κ3) is 4.79. The van der Waals surface area contributed by atoms with Crippen molar-refractivity contribution in [3.8, 4) is 0 Å². The summed E-state index contributed by atoms with van der Waals surface area (Å²) in [6, 6.07) is -0.225. The van der Waals surface area contributed by atoms with E-state index in [1.165, 1.54) is 6.08 Å². The Morgan fingerprint density at radius 1 is 1.39 bits per heavy atom. The lowest BCUT2D eigenvalue weighted by molar-refractivity contribution is -0.127. The molecule has 1 aliphatic heterocycles. The Balaban J connectivity index is 1.60. The Morgan fingerprint density at radius 2 is 2.19 bits per heavy atom. The van der Waals surface area contributed by atoms with Gasteiger partial charge in [-0.15, -0.1) is 0 Å². The number of piperidine rings is 1. The number of aromatic nitrogens is 3. The molecule has 2 atom stereocenters. The second kappa shape index (κ2) is 8.93. The highest BCUT2D eigenvalue weighted by Crippen LogP contribution is 2.31. The quantitative estimate of drug-likeness (QED) is 0.314. The van der Waals surface area contributed by atoms with Gasteiger partial charge in [0, 0.05) is 37.7 Å². The normalized spacial score (nSPS) is 21.6. The number of anilines is 2. The molecule has 0 radical (unpaired) electrons. The second-order valence-corrected chi connectivity index (χ2v) is 8.02. The highest BCUT2D eigenvalue weighted by molar-refractivity contribution is 6.36. The molecule has 2 aromatic heterocycles. The van der Waals surface area contributed by atoms with Gasteiger partial charge in [0.2, 0.25) is 11.9 Å². The molecule has 11 heteroatoms. The van der Waals surface area contributed by atoms with Crippen LogP contribution >= 0.6 is 11.6 Å². The maximum absolute atomic E-state index is 14.7. The summed E-state index contributed by atoms with van der Waals surface area (Å²) in [6.07, 6.45) is 6.95. The zero-order valence-electron chi connectivity index (χ0n) is 16.8. The van der Waals surface area contributed by atoms with Crippen molar-refractivity contribution >= 4 is 46.5 Å². The van der Waals surface area contributed by atoms with E-state index in [0.717, 1.165) is 19.1 Å². The molecule has 2 fully saturated rings. The van der Waals surface area contributed by atoms with Gasteiger partial charge in [0.25, 0.3) is 0 Å². The Bertz CT molecular complexity index is 1030. The predicted molar refractivity (Wildman–Crippen MR) is 119 cm³/mol. The van der Waals surface area contributed by atoms with Gasteiger partial charge in [0.1, 0.15) is 17.6 Å². The van der Waals surface area contributed by atoms with Crippen LogP contribution in [0, 0.1) is 5.41 Å². The Morgan fingerprint density at radius 3 is 2.90 bits per heavy atom. The minimum atomic E-state index is -1.16. The summed E-state index contributed by atoms with van der Waals surface area (Å²) in [6.45, 7) is 4.02. The number of carbonyl (C=O) groups excluding carboxylic acids is 1. The number of nitrogens with one attached hydrogen (secondary N) is 5. The highest BCUT2D eigenvalue weighted by atomic mass is 35.5. The maximum Gasteiger partial charge on any atom is 0.246 e. The number of alkyl halides is 1. The van der Waals surface area contributed by atoms with Crippen LogP contribution in [0.2, 0.25) is 5.02 Å². The molecule has 5 N–H and O–H groups in total. The number of carbonyl (C=O) groups is 1. The molecule has 0 spiro atoms. The average molecular weight is 447 g/mol. The van der Waals surface area contributed by atoms with Crippen molar-refractivity contribution in [3.63, 3.8) is 0 Å². The molecule has 9 nitrogen and oxygen atoms in total. The number of fused-ring (bicyclic) bond motifs is 1. The molecule has 1 aliphatic carbocycles. The molecule has 3 heterocycles. The Hall–Kier alpha value is -3.14. The van der Waals surface area contributed by atoms with E-state index in [-0.39, 0.29) is 24.8 Å². The van der Waals surface area contributed by atoms with Gasteiger partial charge in [0.05, 0.1) is 22.1 Å². The van der Waals surface area contributed by atoms with E-state index in [0.29, 0.717) is 40.2 Å². The zero-order valence-corrected chi connectivity index (χ0v) is 17.5. The number of aromatic amines is 1. The number of halogens is 2. The van der Waals surface area contributed by atoms with Crippen LogP contribution in [0.15, 0.2) is 30.7 Å². The Labute approximate surface area is 183 Å². The van der Waals surface area contributed by atoms with E-state index >= 15 is 0 Å². The molecule has 2 aromatic rings. The fourth-order valence-electron chi connectivity index (χ4n) is 3.42. The number of nitrogens with zero attached hydrogens (tertiary/aromatic N) is 3. The van der Waals surface area contributed by atoms with Crippen LogP contribution in [-0.4, -0.2) is 63.3 Å². The zero-order chi connectivity index (χ0) is 22.0. The number of amides is 1. The highest BCUT2D eigenvalue weighted by Gasteiger charge is 2.32. The van der Waals surface area contributed by atoms with Crippen molar-refractivity contribution in [2.24, 2.45) is 0 Å². The fourth-order valence-corrected chi connectivity index (χ4v) is 3.65. The van der Waals surface area contributed by atoms with Crippen molar-refractivity contribution in [1.82, 2.24) is 25.2 Å². The lowest BCUT2D eigenvalue weighted by atomic mass is 10.0. The monoisotopic (exact) mass is 446 g/mol. The predicted octanol–water partition coefficient (Wildman–Crippen LogP) is 2.80. The minimum Gasteiger partial charge on any atom is -0.386 e. The third-order valence-corrected chi connectivity index (χ3v) is 5.58. The number of rotatable bonds is 8. The topological polar surface area (TPSA) is 122 Å². The molecule has 0 aromatic carbocycles. The number of hydrogen-bond acceptors (Lipinski definition) is 7. The Kier molecular flexibility index (Phi) is 6.08. The number of hydrogen-bond donors (Lipinski definition) is 5. The van der Waals surface area contributed by atoms with Crippen molar-refractivity contribution in [1.29, 1.82) is 5.41 Å². The van der Waals surface area contributed by atoms with Crippen LogP contribution in [0.4, 0.5) is 16.2 Å². The van der Waals surface area contributed by atoms with Crippen LogP contribution in [0.3, 0.4) is 0 Å². The van der Waals surface area contributed by atoms with E-state index in [4.69, 9.17) is 17.0 Å². The van der Waals surface area contributed by atoms with Crippen LogP contribution in [-0.2, 0) is 4.79 Å². The van der Waals surface area contributed by atoms with Gasteiger partial charge in [-0.05, 0) is 25.3 Å². The van der Waals surface area contributed by atoms with E-state index in [9.17, 15) is 9.18 Å². The summed E-state index contributed by atoms with van der Waals surface area (Å²) < 4.78 is 14.7. The van der Waals surface area contributed by atoms with E-state index in [1.54, 1.807) is 17.3 Å². The molecule has 4 rings (SSSR count). The van der Waals surface area contributed by atoms with Crippen molar-refractivity contribution in [2.45, 2.75) is 37.5 Å². The third-order valence-electron chi connectivity index (χ3n) is 5.28. The first kappa shape index (κ1) is 21.1. The standard InChI is InChI=1S/C20H24ClFN8O/c1-2-16(31)30-6-5-14(22)15(10-30)27-19-17-13(21)9-25-18(17)28-20(29-19)26-12(7-23)8-24-11-3-4-11/h2,7-9,11,14-15,23-24H,1,3-6,10H2,(H3,25,26,27,28,29)/b12-8+,23-7?/t14-,15+/m1/s1. The number of H-pyrrole nitrogens is 1. The van der Waals surface area contributed by atoms with Gasteiger partial charge in [-0.3, -0.25) is 4.79 Å². The van der Waals surface area contributed by atoms with Crippen LogP contribution in [0.5, 0.6) is 0 Å². The van der Waals surface area contributed by atoms with Gasteiger partial charge < -0.3 is 31.2 Å². The molecule has 164 valence electrons. The maximum atomic E-state index is 14.7. The van der Waals surface area contributed by atoms with Gasteiger partial charge >= 0.3 is 0 Å². The molecule has 1 saturated carbocycles. The average Bonchev–Trinajstić information content (AvgIpc) is 3.53. The molecule has 2 aliphatic rings. The fraction of sp³-hybridized carbons (Fsp3) is 0.400. The SMILES string of the molecule is C=CC(=O)N1CC[C@@H](F)[C@@H](Nc2nc(N/C(C=N)=C/NC3CC3)nc3[nH]cc(Cl)c23)C1. The summed E-state index contributed by atoms with van der Waals surface area (Å²) in [5.41, 5.74) is 0.952. The summed E-state index contributed by atoms with van der Waals surface area (Å²) >= 11 is 6.31. The van der Waals surface area contributed by atoms with E-state index < -0.39 is 12.2 Å². The number of allylic oxidation sites excluding steroid dienone is 1. The molecule has 0 bridgehead atoms. The lowest BCUT2D eigenvalue weighted by Gasteiger charge is -2.35.